The van der Waals surface area contributed by atoms with Crippen molar-refractivity contribution in [3.8, 4) is 0 Å². The van der Waals surface area contributed by atoms with E-state index in [1.54, 1.807) is 36.5 Å². The summed E-state index contributed by atoms with van der Waals surface area (Å²) in [7, 11) is 0. The Labute approximate surface area is 110 Å². The van der Waals surface area contributed by atoms with E-state index in [-0.39, 0.29) is 17.6 Å². The molecule has 0 aliphatic rings. The van der Waals surface area contributed by atoms with Gasteiger partial charge in [-0.2, -0.15) is 0 Å². The number of benzene rings is 1. The van der Waals surface area contributed by atoms with Gasteiger partial charge in [-0.1, -0.05) is 12.1 Å². The molecular formula is C14H13N3O2. The van der Waals surface area contributed by atoms with Crippen LogP contribution in [0, 0.1) is 6.92 Å². The van der Waals surface area contributed by atoms with Crippen LogP contribution in [-0.2, 0) is 0 Å². The largest absolute Gasteiger partial charge is 0.295 e. The molecule has 2 aromatic rings. The predicted octanol–water partition coefficient (Wildman–Crippen LogP) is 2.24. The van der Waals surface area contributed by atoms with Gasteiger partial charge in [-0.25, -0.2) is 9.97 Å². The molecule has 0 spiro atoms. The molecule has 0 atom stereocenters. The molecule has 96 valence electrons. The van der Waals surface area contributed by atoms with Crippen molar-refractivity contribution in [3.05, 3.63) is 53.3 Å². The third-order valence-electron chi connectivity index (χ3n) is 2.57. The molecule has 5 heteroatoms. The Morgan fingerprint density at radius 2 is 1.68 bits per heavy atom. The molecule has 2 rings (SSSR count). The van der Waals surface area contributed by atoms with Crippen LogP contribution >= 0.6 is 0 Å². The lowest BCUT2D eigenvalue weighted by Gasteiger charge is -2.04. The molecule has 1 aromatic carbocycles. The first-order valence-corrected chi connectivity index (χ1v) is 5.78. The summed E-state index contributed by atoms with van der Waals surface area (Å²) in [4.78, 5) is 31.1. The van der Waals surface area contributed by atoms with Crippen molar-refractivity contribution in [1.29, 1.82) is 0 Å². The van der Waals surface area contributed by atoms with Crippen LogP contribution in [0.4, 0.5) is 5.95 Å². The number of Topliss-reactive ketones (excluding diaryl/α,β-unsaturated/α-hetero) is 1. The van der Waals surface area contributed by atoms with E-state index < -0.39 is 0 Å². The fraction of sp³-hybridized carbons (Fsp3) is 0.143. The van der Waals surface area contributed by atoms with E-state index in [9.17, 15) is 9.59 Å². The summed E-state index contributed by atoms with van der Waals surface area (Å²) in [6, 6.07) is 8.18. The SMILES string of the molecule is CC(=O)c1ccc(C(=O)Nc2nccc(C)n2)cc1. The third kappa shape index (κ3) is 3.22. The molecule has 0 saturated carbocycles. The zero-order valence-corrected chi connectivity index (χ0v) is 10.7. The van der Waals surface area contributed by atoms with Crippen LogP contribution in [0.1, 0.15) is 33.3 Å². The second-order valence-corrected chi connectivity index (χ2v) is 4.11. The van der Waals surface area contributed by atoms with Gasteiger partial charge in [-0.15, -0.1) is 0 Å². The number of carbonyl (C=O) groups is 2. The number of nitrogens with zero attached hydrogens (tertiary/aromatic N) is 2. The smallest absolute Gasteiger partial charge is 0.258 e. The summed E-state index contributed by atoms with van der Waals surface area (Å²) in [5, 5.41) is 2.60. The fourth-order valence-electron chi connectivity index (χ4n) is 1.54. The quantitative estimate of drug-likeness (QED) is 0.854. The van der Waals surface area contributed by atoms with Crippen molar-refractivity contribution in [2.75, 3.05) is 5.32 Å². The second-order valence-electron chi connectivity index (χ2n) is 4.11. The zero-order valence-electron chi connectivity index (χ0n) is 10.7. The summed E-state index contributed by atoms with van der Waals surface area (Å²) in [6.45, 7) is 3.30. The lowest BCUT2D eigenvalue weighted by atomic mass is 10.1. The normalized spacial score (nSPS) is 10.0. The molecule has 1 heterocycles. The highest BCUT2D eigenvalue weighted by Gasteiger charge is 2.08. The molecule has 1 amide bonds. The Bertz CT molecular complexity index is 621. The number of anilines is 1. The minimum Gasteiger partial charge on any atom is -0.295 e. The number of amides is 1. The molecule has 0 aliphatic carbocycles. The van der Waals surface area contributed by atoms with Gasteiger partial charge in [0.1, 0.15) is 0 Å². The van der Waals surface area contributed by atoms with Gasteiger partial charge in [0.25, 0.3) is 5.91 Å². The van der Waals surface area contributed by atoms with Gasteiger partial charge in [0, 0.05) is 23.0 Å². The van der Waals surface area contributed by atoms with E-state index in [0.29, 0.717) is 11.1 Å². The highest BCUT2D eigenvalue weighted by atomic mass is 16.1. The van der Waals surface area contributed by atoms with E-state index in [1.165, 1.54) is 6.92 Å². The predicted molar refractivity (Wildman–Crippen MR) is 71.2 cm³/mol. The molecule has 0 bridgehead atoms. The lowest BCUT2D eigenvalue weighted by molar-refractivity contribution is 0.100. The molecule has 0 saturated heterocycles. The van der Waals surface area contributed by atoms with Gasteiger partial charge in [0.2, 0.25) is 5.95 Å². The highest BCUT2D eigenvalue weighted by Crippen LogP contribution is 2.07. The number of aryl methyl sites for hydroxylation is 1. The summed E-state index contributed by atoms with van der Waals surface area (Å²) < 4.78 is 0. The van der Waals surface area contributed by atoms with E-state index in [1.807, 2.05) is 6.92 Å². The molecule has 0 aliphatic heterocycles. The van der Waals surface area contributed by atoms with Crippen LogP contribution in [0.2, 0.25) is 0 Å². The van der Waals surface area contributed by atoms with Crippen molar-refractivity contribution in [2.24, 2.45) is 0 Å². The van der Waals surface area contributed by atoms with E-state index in [0.717, 1.165) is 5.69 Å². The van der Waals surface area contributed by atoms with Gasteiger partial charge in [0.05, 0.1) is 0 Å². The summed E-state index contributed by atoms with van der Waals surface area (Å²) in [5.74, 6) is -0.0738. The van der Waals surface area contributed by atoms with E-state index >= 15 is 0 Å². The summed E-state index contributed by atoms with van der Waals surface area (Å²) in [6.07, 6.45) is 1.58. The number of carbonyl (C=O) groups excluding carboxylic acids is 2. The Morgan fingerprint density at radius 1 is 1.05 bits per heavy atom. The molecule has 1 aromatic heterocycles. The molecule has 1 N–H and O–H groups in total. The molecular weight excluding hydrogens is 242 g/mol. The Balaban J connectivity index is 2.14. The van der Waals surface area contributed by atoms with E-state index in [2.05, 4.69) is 15.3 Å². The third-order valence-corrected chi connectivity index (χ3v) is 2.57. The van der Waals surface area contributed by atoms with Crippen molar-refractivity contribution < 1.29 is 9.59 Å². The van der Waals surface area contributed by atoms with Gasteiger partial charge >= 0.3 is 0 Å². The number of rotatable bonds is 3. The number of aromatic nitrogens is 2. The first kappa shape index (κ1) is 12.9. The average molecular weight is 255 g/mol. The van der Waals surface area contributed by atoms with Crippen molar-refractivity contribution in [3.63, 3.8) is 0 Å². The Morgan fingerprint density at radius 3 is 2.26 bits per heavy atom. The van der Waals surface area contributed by atoms with Crippen molar-refractivity contribution in [2.45, 2.75) is 13.8 Å². The number of hydrogen-bond donors (Lipinski definition) is 1. The Hall–Kier alpha value is -2.56. The number of nitrogens with one attached hydrogen (secondary N) is 1. The number of ketones is 1. The molecule has 0 unspecified atom stereocenters. The first-order valence-electron chi connectivity index (χ1n) is 5.78. The van der Waals surface area contributed by atoms with Gasteiger partial charge < -0.3 is 0 Å². The van der Waals surface area contributed by atoms with Crippen LogP contribution in [0.25, 0.3) is 0 Å². The van der Waals surface area contributed by atoms with Crippen LogP contribution in [-0.4, -0.2) is 21.7 Å². The van der Waals surface area contributed by atoms with Gasteiger partial charge in [-0.3, -0.25) is 14.9 Å². The van der Waals surface area contributed by atoms with Gasteiger partial charge in [-0.05, 0) is 32.0 Å². The zero-order chi connectivity index (χ0) is 13.8. The van der Waals surface area contributed by atoms with Gasteiger partial charge in [0.15, 0.2) is 5.78 Å². The second kappa shape index (κ2) is 5.39. The molecule has 5 nitrogen and oxygen atoms in total. The fourth-order valence-corrected chi connectivity index (χ4v) is 1.54. The first-order chi connectivity index (χ1) is 9.06. The van der Waals surface area contributed by atoms with Crippen LogP contribution in [0.5, 0.6) is 0 Å². The summed E-state index contributed by atoms with van der Waals surface area (Å²) in [5.41, 5.74) is 1.80. The standard InChI is InChI=1S/C14H13N3O2/c1-9-7-8-15-14(16-9)17-13(19)12-5-3-11(4-6-12)10(2)18/h3-8H,1-2H3,(H,15,16,17,19). The molecule has 19 heavy (non-hydrogen) atoms. The summed E-state index contributed by atoms with van der Waals surface area (Å²) >= 11 is 0. The Kier molecular flexibility index (Phi) is 3.66. The topological polar surface area (TPSA) is 72.0 Å². The van der Waals surface area contributed by atoms with Crippen LogP contribution < -0.4 is 5.32 Å². The van der Waals surface area contributed by atoms with Crippen molar-refractivity contribution in [1.82, 2.24) is 9.97 Å². The van der Waals surface area contributed by atoms with E-state index in [4.69, 9.17) is 0 Å². The maximum absolute atomic E-state index is 11.9. The molecule has 0 radical (unpaired) electrons. The minimum absolute atomic E-state index is 0.0334. The number of hydrogen-bond acceptors (Lipinski definition) is 4. The highest BCUT2D eigenvalue weighted by molar-refractivity contribution is 6.04. The van der Waals surface area contributed by atoms with Crippen LogP contribution in [0.3, 0.4) is 0 Å². The average Bonchev–Trinajstić information content (AvgIpc) is 2.39. The monoisotopic (exact) mass is 255 g/mol. The molecule has 0 fully saturated rings. The van der Waals surface area contributed by atoms with Crippen LogP contribution in [0.15, 0.2) is 36.5 Å². The lowest BCUT2D eigenvalue weighted by Crippen LogP contribution is -2.14. The minimum atomic E-state index is -0.305. The maximum Gasteiger partial charge on any atom is 0.258 e. The van der Waals surface area contributed by atoms with Crippen molar-refractivity contribution >= 4 is 17.6 Å². The maximum atomic E-state index is 11.9.